The molecule has 0 radical (unpaired) electrons. The number of hydrogen-bond donors (Lipinski definition) is 2. The third-order valence-electron chi connectivity index (χ3n) is 5.70. The van der Waals surface area contributed by atoms with E-state index in [4.69, 9.17) is 4.74 Å². The molecule has 2 N–H and O–H groups in total. The molecular formula is C24H27F2N3O4. The number of hydrogen-bond acceptors (Lipinski definition) is 4. The molecule has 1 aliphatic rings. The molecule has 2 aromatic rings. The van der Waals surface area contributed by atoms with Crippen molar-refractivity contribution in [2.75, 3.05) is 33.4 Å². The van der Waals surface area contributed by atoms with Gasteiger partial charge in [-0.2, -0.15) is 0 Å². The topological polar surface area (TPSA) is 87.7 Å². The maximum atomic E-state index is 14.1. The van der Waals surface area contributed by atoms with Crippen LogP contribution in [-0.4, -0.2) is 62.0 Å². The Balaban J connectivity index is 1.70. The average Bonchev–Trinajstić information content (AvgIpc) is 2.83. The number of piperidine rings is 1. The molecule has 1 atom stereocenters. The Morgan fingerprint density at radius 3 is 2.15 bits per heavy atom. The zero-order valence-electron chi connectivity index (χ0n) is 18.4. The van der Waals surface area contributed by atoms with Crippen molar-refractivity contribution in [3.8, 4) is 0 Å². The quantitative estimate of drug-likeness (QED) is 0.594. The average molecular weight is 459 g/mol. The van der Waals surface area contributed by atoms with E-state index in [1.807, 2.05) is 0 Å². The predicted molar refractivity (Wildman–Crippen MR) is 118 cm³/mol. The lowest BCUT2D eigenvalue weighted by Gasteiger charge is -2.36. The van der Waals surface area contributed by atoms with Crippen molar-refractivity contribution >= 4 is 17.7 Å². The van der Waals surface area contributed by atoms with Crippen molar-refractivity contribution < 1.29 is 27.9 Å². The Bertz CT molecular complexity index is 993. The molecule has 3 rings (SSSR count). The van der Waals surface area contributed by atoms with E-state index in [1.165, 1.54) is 48.4 Å². The van der Waals surface area contributed by atoms with E-state index >= 15 is 0 Å². The molecule has 176 valence electrons. The minimum absolute atomic E-state index is 0.00216. The minimum Gasteiger partial charge on any atom is -0.383 e. The Morgan fingerprint density at radius 1 is 1.00 bits per heavy atom. The van der Waals surface area contributed by atoms with E-state index in [1.54, 1.807) is 12.1 Å². The van der Waals surface area contributed by atoms with Crippen LogP contribution in [-0.2, 0) is 9.53 Å². The molecule has 7 nitrogen and oxygen atoms in total. The number of amides is 3. The second-order valence-electron chi connectivity index (χ2n) is 7.82. The number of carbonyl (C=O) groups is 3. The predicted octanol–water partition coefficient (Wildman–Crippen LogP) is 2.38. The Kier molecular flexibility index (Phi) is 8.48. The summed E-state index contributed by atoms with van der Waals surface area (Å²) in [5, 5.41) is 5.38. The molecule has 1 saturated heterocycles. The van der Waals surface area contributed by atoms with E-state index in [9.17, 15) is 23.2 Å². The molecule has 1 heterocycles. The van der Waals surface area contributed by atoms with Gasteiger partial charge in [-0.05, 0) is 43.0 Å². The molecule has 0 spiro atoms. The number of benzene rings is 2. The summed E-state index contributed by atoms with van der Waals surface area (Å²) in [5.41, 5.74) is -0.156. The molecule has 1 fully saturated rings. The van der Waals surface area contributed by atoms with E-state index in [2.05, 4.69) is 10.6 Å². The molecule has 9 heteroatoms. The summed E-state index contributed by atoms with van der Waals surface area (Å²) >= 11 is 0. The van der Waals surface area contributed by atoms with Crippen molar-refractivity contribution in [3.05, 3.63) is 71.3 Å². The summed E-state index contributed by atoms with van der Waals surface area (Å²) in [5.74, 6) is -3.06. The van der Waals surface area contributed by atoms with Crippen LogP contribution in [0, 0.1) is 17.6 Å². The number of nitrogens with zero attached hydrogens (tertiary/aromatic N) is 1. The van der Waals surface area contributed by atoms with Gasteiger partial charge in [0.05, 0.1) is 17.7 Å². The number of carbonyl (C=O) groups excluding carboxylic acids is 3. The van der Waals surface area contributed by atoms with E-state index < -0.39 is 35.4 Å². The first kappa shape index (κ1) is 24.3. The van der Waals surface area contributed by atoms with Gasteiger partial charge in [0, 0.05) is 26.7 Å². The molecule has 0 aromatic heterocycles. The van der Waals surface area contributed by atoms with Gasteiger partial charge >= 0.3 is 0 Å². The number of rotatable bonds is 8. The van der Waals surface area contributed by atoms with Gasteiger partial charge in [-0.15, -0.1) is 0 Å². The lowest BCUT2D eigenvalue weighted by atomic mass is 9.88. The van der Waals surface area contributed by atoms with Crippen LogP contribution in [0.4, 0.5) is 8.78 Å². The summed E-state index contributed by atoms with van der Waals surface area (Å²) < 4.78 is 33.0. The van der Waals surface area contributed by atoms with Gasteiger partial charge in [0.15, 0.2) is 0 Å². The summed E-state index contributed by atoms with van der Waals surface area (Å²) in [7, 11) is 1.51. The maximum Gasteiger partial charge on any atom is 0.256 e. The van der Waals surface area contributed by atoms with Crippen LogP contribution in [0.2, 0.25) is 0 Å². The highest BCUT2D eigenvalue weighted by molar-refractivity contribution is 5.98. The van der Waals surface area contributed by atoms with Crippen molar-refractivity contribution in [2.45, 2.75) is 18.9 Å². The fourth-order valence-electron chi connectivity index (χ4n) is 3.89. The highest BCUT2D eigenvalue weighted by Gasteiger charge is 2.34. The molecule has 3 amide bonds. The highest BCUT2D eigenvalue weighted by Crippen LogP contribution is 2.24. The third-order valence-corrected chi connectivity index (χ3v) is 5.70. The molecule has 0 aliphatic carbocycles. The molecule has 1 unspecified atom stereocenters. The third kappa shape index (κ3) is 6.13. The number of nitrogens with one attached hydrogen (secondary N) is 2. The van der Waals surface area contributed by atoms with Crippen molar-refractivity contribution in [2.24, 2.45) is 5.92 Å². The number of ether oxygens (including phenoxy) is 1. The van der Waals surface area contributed by atoms with Gasteiger partial charge < -0.3 is 20.3 Å². The van der Waals surface area contributed by atoms with Gasteiger partial charge in [0.2, 0.25) is 5.91 Å². The van der Waals surface area contributed by atoms with Crippen LogP contribution in [0.3, 0.4) is 0 Å². The Morgan fingerprint density at radius 2 is 1.58 bits per heavy atom. The summed E-state index contributed by atoms with van der Waals surface area (Å²) in [6.07, 6.45) is 0.834. The highest BCUT2D eigenvalue weighted by atomic mass is 19.1. The first-order chi connectivity index (χ1) is 15.9. The summed E-state index contributed by atoms with van der Waals surface area (Å²) in [6.45, 7) is 1.16. The molecule has 0 bridgehead atoms. The molecule has 0 saturated carbocycles. The van der Waals surface area contributed by atoms with Crippen molar-refractivity contribution in [3.63, 3.8) is 0 Å². The van der Waals surface area contributed by atoms with Gasteiger partial charge in [0.1, 0.15) is 17.7 Å². The molecular weight excluding hydrogens is 432 g/mol. The smallest absolute Gasteiger partial charge is 0.256 e. The summed E-state index contributed by atoms with van der Waals surface area (Å²) in [6, 6.07) is 10.4. The number of likely N-dealkylation sites (tertiary alicyclic amines) is 1. The second-order valence-corrected chi connectivity index (χ2v) is 7.82. The standard InChI is InChI=1S/C24H27F2N3O4/c1-33-15-12-27-23(31)21(28-22(30)17-6-2-4-8-19(17)25)16-10-13-29(14-11-16)24(32)18-7-3-5-9-20(18)26/h2-9,16,21H,10-15H2,1H3,(H,27,31)(H,28,30). The fourth-order valence-corrected chi connectivity index (χ4v) is 3.89. The van der Waals surface area contributed by atoms with Gasteiger partial charge in [0.25, 0.3) is 11.8 Å². The molecule has 1 aliphatic heterocycles. The fraction of sp³-hybridized carbons (Fsp3) is 0.375. The van der Waals surface area contributed by atoms with E-state index in [-0.39, 0.29) is 23.6 Å². The lowest BCUT2D eigenvalue weighted by molar-refractivity contribution is -0.124. The zero-order chi connectivity index (χ0) is 23.8. The second kappa shape index (κ2) is 11.5. The monoisotopic (exact) mass is 459 g/mol. The van der Waals surface area contributed by atoms with E-state index in [0.717, 1.165) is 0 Å². The largest absolute Gasteiger partial charge is 0.383 e. The zero-order valence-corrected chi connectivity index (χ0v) is 18.4. The summed E-state index contributed by atoms with van der Waals surface area (Å²) in [4.78, 5) is 39.8. The van der Waals surface area contributed by atoms with Crippen LogP contribution < -0.4 is 10.6 Å². The Hall–Kier alpha value is -3.33. The normalized spacial score (nSPS) is 15.1. The Labute approximate surface area is 191 Å². The van der Waals surface area contributed by atoms with Crippen LogP contribution in [0.5, 0.6) is 0 Å². The molecule has 33 heavy (non-hydrogen) atoms. The van der Waals surface area contributed by atoms with Crippen molar-refractivity contribution in [1.82, 2.24) is 15.5 Å². The van der Waals surface area contributed by atoms with Crippen molar-refractivity contribution in [1.29, 1.82) is 0 Å². The maximum absolute atomic E-state index is 14.1. The lowest BCUT2D eigenvalue weighted by Crippen LogP contribution is -2.54. The first-order valence-corrected chi connectivity index (χ1v) is 10.8. The minimum atomic E-state index is -0.917. The van der Waals surface area contributed by atoms with E-state index in [0.29, 0.717) is 32.5 Å². The number of halogens is 2. The molecule has 2 aromatic carbocycles. The SMILES string of the molecule is COCCNC(=O)C(NC(=O)c1ccccc1F)C1CCN(C(=O)c2ccccc2F)CC1. The van der Waals surface area contributed by atoms with Crippen LogP contribution in [0.1, 0.15) is 33.6 Å². The first-order valence-electron chi connectivity index (χ1n) is 10.8. The van der Waals surface area contributed by atoms with Crippen LogP contribution >= 0.6 is 0 Å². The van der Waals surface area contributed by atoms with Crippen LogP contribution in [0.15, 0.2) is 48.5 Å². The van der Waals surface area contributed by atoms with Gasteiger partial charge in [-0.1, -0.05) is 24.3 Å². The van der Waals surface area contributed by atoms with Crippen LogP contribution in [0.25, 0.3) is 0 Å². The van der Waals surface area contributed by atoms with Gasteiger partial charge in [-0.3, -0.25) is 14.4 Å². The number of methoxy groups -OCH3 is 1. The van der Waals surface area contributed by atoms with Gasteiger partial charge in [-0.25, -0.2) is 8.78 Å².